The summed E-state index contributed by atoms with van der Waals surface area (Å²) in [5.41, 5.74) is -7.46. The summed E-state index contributed by atoms with van der Waals surface area (Å²) in [6.07, 6.45) is -8.79. The van der Waals surface area contributed by atoms with Gasteiger partial charge in [0.25, 0.3) is 11.9 Å². The lowest BCUT2D eigenvalue weighted by Gasteiger charge is -2.10. The van der Waals surface area contributed by atoms with Gasteiger partial charge in [-0.05, 0) is 0 Å². The molecular weight excluding hydrogens is 255 g/mol. The second-order valence-electron chi connectivity index (χ2n) is 2.85. The van der Waals surface area contributed by atoms with Crippen LogP contribution in [0.4, 0.5) is 27.6 Å². The summed E-state index contributed by atoms with van der Waals surface area (Å²) in [6.45, 7) is 0. The Labute approximate surface area is 89.0 Å². The van der Waals surface area contributed by atoms with Gasteiger partial charge in [0.05, 0.1) is 16.8 Å². The summed E-state index contributed by atoms with van der Waals surface area (Å²) >= 11 is 0. The number of nitro groups is 1. The van der Waals surface area contributed by atoms with Crippen LogP contribution in [-0.4, -0.2) is 9.91 Å². The minimum absolute atomic E-state index is 0.207. The minimum Gasteiger partial charge on any atom is -0.354 e. The largest absolute Gasteiger partial charge is 0.422 e. The van der Waals surface area contributed by atoms with Crippen molar-refractivity contribution in [3.05, 3.63) is 37.8 Å². The molecule has 17 heavy (non-hydrogen) atoms. The van der Waals surface area contributed by atoms with E-state index in [1.54, 1.807) is 0 Å². The van der Waals surface area contributed by atoms with E-state index in [1.165, 1.54) is 4.98 Å². The zero-order valence-corrected chi connectivity index (χ0v) is 7.72. The van der Waals surface area contributed by atoms with Crippen LogP contribution in [0, 0.1) is 10.1 Å². The van der Waals surface area contributed by atoms with Crippen LogP contribution < -0.4 is 5.43 Å². The van der Waals surface area contributed by atoms with Gasteiger partial charge in [-0.2, -0.15) is 13.2 Å². The highest BCUT2D eigenvalue weighted by atomic mass is 19.4. The van der Waals surface area contributed by atoms with Crippen molar-refractivity contribution >= 4 is 5.69 Å². The molecule has 0 aliphatic carbocycles. The Kier molecular flexibility index (Phi) is 3.16. The number of hydrogen-bond acceptors (Lipinski definition) is 3. The summed E-state index contributed by atoms with van der Waals surface area (Å²) in [5.74, 6) is 0. The number of rotatable bonds is 2. The summed E-state index contributed by atoms with van der Waals surface area (Å²) in [5, 5.41) is 10.2. The lowest BCUT2D eigenvalue weighted by atomic mass is 10.1. The average molecular weight is 258 g/mol. The van der Waals surface area contributed by atoms with E-state index in [4.69, 9.17) is 0 Å². The van der Waals surface area contributed by atoms with Crippen molar-refractivity contribution in [1.29, 1.82) is 0 Å². The van der Waals surface area contributed by atoms with Gasteiger partial charge >= 0.3 is 11.9 Å². The van der Waals surface area contributed by atoms with Crippen LogP contribution in [0.5, 0.6) is 0 Å². The van der Waals surface area contributed by atoms with E-state index in [0.717, 1.165) is 0 Å². The van der Waals surface area contributed by atoms with Crippen molar-refractivity contribution < 1.29 is 26.9 Å². The van der Waals surface area contributed by atoms with Crippen LogP contribution in [0.25, 0.3) is 0 Å². The number of aromatic nitrogens is 1. The van der Waals surface area contributed by atoms with E-state index < -0.39 is 39.9 Å². The van der Waals surface area contributed by atoms with E-state index in [9.17, 15) is 36.9 Å². The molecule has 1 heterocycles. The summed E-state index contributed by atoms with van der Waals surface area (Å²) in [7, 11) is 0. The first kappa shape index (κ1) is 13.1. The predicted octanol–water partition coefficient (Wildman–Crippen LogP) is 2.24. The Morgan fingerprint density at radius 1 is 1.35 bits per heavy atom. The molecule has 0 spiro atoms. The summed E-state index contributed by atoms with van der Waals surface area (Å²) in [4.78, 5) is 21.3. The Bertz CT molecular complexity index is 507. The number of H-pyrrole nitrogens is 1. The molecule has 0 fully saturated rings. The smallest absolute Gasteiger partial charge is 0.354 e. The minimum atomic E-state index is -5.40. The molecule has 1 N–H and O–H groups in total. The maximum Gasteiger partial charge on any atom is 0.422 e. The van der Waals surface area contributed by atoms with E-state index in [2.05, 4.69) is 0 Å². The molecule has 94 valence electrons. The van der Waals surface area contributed by atoms with Gasteiger partial charge < -0.3 is 4.98 Å². The zero-order chi connectivity index (χ0) is 13.4. The summed E-state index contributed by atoms with van der Waals surface area (Å²) < 4.78 is 61.5. The van der Waals surface area contributed by atoms with Crippen molar-refractivity contribution in [3.8, 4) is 0 Å². The second-order valence-corrected chi connectivity index (χ2v) is 2.85. The first-order valence-corrected chi connectivity index (χ1v) is 3.91. The van der Waals surface area contributed by atoms with Crippen LogP contribution in [0.2, 0.25) is 0 Å². The Balaban J connectivity index is 3.66. The van der Waals surface area contributed by atoms with E-state index in [0.29, 0.717) is 0 Å². The number of nitrogens with zero attached hydrogens (tertiary/aromatic N) is 1. The van der Waals surface area contributed by atoms with Crippen LogP contribution in [0.1, 0.15) is 17.7 Å². The Morgan fingerprint density at radius 2 is 1.88 bits per heavy atom. The van der Waals surface area contributed by atoms with Crippen molar-refractivity contribution in [2.24, 2.45) is 0 Å². The molecule has 0 radical (unpaired) electrons. The number of aromatic amines is 1. The number of alkyl halides is 5. The molecule has 1 rings (SSSR count). The maximum absolute atomic E-state index is 12.3. The monoisotopic (exact) mass is 258 g/mol. The van der Waals surface area contributed by atoms with Crippen LogP contribution >= 0.6 is 0 Å². The normalized spacial score (nSPS) is 11.9. The fourth-order valence-corrected chi connectivity index (χ4v) is 1.12. The number of halogens is 5. The van der Waals surface area contributed by atoms with Crippen molar-refractivity contribution in [3.63, 3.8) is 0 Å². The third kappa shape index (κ3) is 2.40. The molecule has 0 saturated heterocycles. The molecule has 5 nitrogen and oxygen atoms in total. The van der Waals surface area contributed by atoms with Gasteiger partial charge in [-0.1, -0.05) is 0 Å². The highest BCUT2D eigenvalue weighted by Gasteiger charge is 2.41. The first-order chi connectivity index (χ1) is 7.66. The fourth-order valence-electron chi connectivity index (χ4n) is 1.12. The highest BCUT2D eigenvalue weighted by molar-refractivity contribution is 5.36. The predicted molar refractivity (Wildman–Crippen MR) is 43.7 cm³/mol. The summed E-state index contributed by atoms with van der Waals surface area (Å²) in [6, 6.07) is 0. The molecule has 0 amide bonds. The molecule has 10 heteroatoms. The number of pyridine rings is 1. The van der Waals surface area contributed by atoms with Crippen LogP contribution in [0.3, 0.4) is 0 Å². The van der Waals surface area contributed by atoms with Gasteiger partial charge in [0.15, 0.2) is 0 Å². The Hall–Kier alpha value is -2.00. The van der Waals surface area contributed by atoms with Gasteiger partial charge in [-0.15, -0.1) is 0 Å². The number of nitrogens with one attached hydrogen (secondary N) is 1. The van der Waals surface area contributed by atoms with Gasteiger partial charge in [0.1, 0.15) is 5.56 Å². The van der Waals surface area contributed by atoms with Crippen molar-refractivity contribution in [2.75, 3.05) is 0 Å². The lowest BCUT2D eigenvalue weighted by Crippen LogP contribution is -2.25. The van der Waals surface area contributed by atoms with Gasteiger partial charge in [0.2, 0.25) is 0 Å². The van der Waals surface area contributed by atoms with E-state index >= 15 is 0 Å². The van der Waals surface area contributed by atoms with Crippen molar-refractivity contribution in [1.82, 2.24) is 4.98 Å². The molecule has 1 aromatic rings. The third-order valence-corrected chi connectivity index (χ3v) is 1.79. The van der Waals surface area contributed by atoms with Crippen LogP contribution in [0.15, 0.2) is 11.0 Å². The van der Waals surface area contributed by atoms with Gasteiger partial charge in [-0.3, -0.25) is 14.9 Å². The molecule has 0 saturated carbocycles. The number of hydrogen-bond donors (Lipinski definition) is 1. The average Bonchev–Trinajstić information content (AvgIpc) is 2.14. The van der Waals surface area contributed by atoms with E-state index in [1.807, 2.05) is 0 Å². The molecule has 0 aromatic carbocycles. The standard InChI is InChI=1S/C7H3F5N2O3/c8-6(9)4-3(7(10,11)12)5(15)2(1-13-4)14(16)17/h1,6H,(H,13,15). The fraction of sp³-hybridized carbons (Fsp3) is 0.286. The molecule has 0 aliphatic rings. The SMILES string of the molecule is O=c1c([N+](=O)[O-])c[nH]c(C(F)F)c1C(F)(F)F. The highest BCUT2D eigenvalue weighted by Crippen LogP contribution is 2.33. The lowest BCUT2D eigenvalue weighted by molar-refractivity contribution is -0.386. The third-order valence-electron chi connectivity index (χ3n) is 1.79. The molecular formula is C7H3F5N2O3. The Morgan fingerprint density at radius 3 is 2.24 bits per heavy atom. The molecule has 1 aromatic heterocycles. The zero-order valence-electron chi connectivity index (χ0n) is 7.72. The topological polar surface area (TPSA) is 76.0 Å². The first-order valence-electron chi connectivity index (χ1n) is 3.91. The van der Waals surface area contributed by atoms with E-state index in [-0.39, 0.29) is 6.20 Å². The van der Waals surface area contributed by atoms with Crippen molar-refractivity contribution in [2.45, 2.75) is 12.6 Å². The molecule has 0 bridgehead atoms. The van der Waals surface area contributed by atoms with Gasteiger partial charge in [-0.25, -0.2) is 8.78 Å². The second kappa shape index (κ2) is 4.11. The van der Waals surface area contributed by atoms with Crippen LogP contribution in [-0.2, 0) is 6.18 Å². The van der Waals surface area contributed by atoms with Gasteiger partial charge in [0, 0.05) is 0 Å². The maximum atomic E-state index is 12.3. The molecule has 0 unspecified atom stereocenters. The quantitative estimate of drug-likeness (QED) is 0.502. The molecule has 0 atom stereocenters. The molecule has 0 aliphatic heterocycles.